The van der Waals surface area contributed by atoms with Crippen LogP contribution in [0, 0.1) is 11.3 Å². The van der Waals surface area contributed by atoms with E-state index in [0.29, 0.717) is 18.4 Å². The van der Waals surface area contributed by atoms with Gasteiger partial charge in [0.15, 0.2) is 0 Å². The maximum Gasteiger partial charge on any atom is 0.406 e. The van der Waals surface area contributed by atoms with Crippen LogP contribution in [0.4, 0.5) is 13.2 Å². The van der Waals surface area contributed by atoms with E-state index in [-0.39, 0.29) is 6.04 Å². The lowest BCUT2D eigenvalue weighted by atomic mass is 9.99. The molecule has 1 aromatic carbocycles. The Hall–Kier alpha value is -2.03. The molecule has 1 fully saturated rings. The molecule has 0 heterocycles. The third-order valence-corrected chi connectivity index (χ3v) is 3.13. The average molecular weight is 282 g/mol. The van der Waals surface area contributed by atoms with Gasteiger partial charge in [0, 0.05) is 6.04 Å². The fraction of sp³-hybridized carbons (Fsp3) is 0.429. The molecule has 1 aromatic rings. The van der Waals surface area contributed by atoms with E-state index in [4.69, 9.17) is 5.26 Å². The number of hydrogen-bond donors (Lipinski definition) is 0. The quantitative estimate of drug-likeness (QED) is 0.852. The summed E-state index contributed by atoms with van der Waals surface area (Å²) in [4.78, 5) is 13.0. The van der Waals surface area contributed by atoms with Crippen LogP contribution >= 0.6 is 0 Å². The minimum absolute atomic E-state index is 0.385. The van der Waals surface area contributed by atoms with Crippen molar-refractivity contribution in [3.05, 3.63) is 35.9 Å². The van der Waals surface area contributed by atoms with Gasteiger partial charge in [-0.3, -0.25) is 4.79 Å². The smallest absolute Gasteiger partial charge is 0.329 e. The number of hydrogen-bond acceptors (Lipinski definition) is 2. The standard InChI is InChI=1S/C14H13F3N2O/c15-14(16,17)9-19(11-6-7-11)13(20)12(8-18)10-4-2-1-3-5-10/h1-5,11-12H,6-7,9H2. The van der Waals surface area contributed by atoms with Crippen molar-refractivity contribution in [3.63, 3.8) is 0 Å². The number of rotatable bonds is 4. The number of amides is 1. The molecule has 1 aliphatic carbocycles. The van der Waals surface area contributed by atoms with Gasteiger partial charge in [0.1, 0.15) is 12.5 Å². The van der Waals surface area contributed by atoms with Crippen LogP contribution in [-0.2, 0) is 4.79 Å². The fourth-order valence-corrected chi connectivity index (χ4v) is 2.05. The zero-order valence-corrected chi connectivity index (χ0v) is 10.6. The highest BCUT2D eigenvalue weighted by Gasteiger charge is 2.42. The topological polar surface area (TPSA) is 44.1 Å². The highest BCUT2D eigenvalue weighted by atomic mass is 19.4. The third-order valence-electron chi connectivity index (χ3n) is 3.13. The van der Waals surface area contributed by atoms with Gasteiger partial charge in [-0.1, -0.05) is 30.3 Å². The van der Waals surface area contributed by atoms with Crippen LogP contribution in [-0.4, -0.2) is 29.6 Å². The van der Waals surface area contributed by atoms with Crippen molar-refractivity contribution in [1.82, 2.24) is 4.90 Å². The molecule has 0 spiro atoms. The number of benzene rings is 1. The van der Waals surface area contributed by atoms with Crippen LogP contribution < -0.4 is 0 Å². The Balaban J connectivity index is 2.20. The highest BCUT2D eigenvalue weighted by Crippen LogP contribution is 2.32. The number of carbonyl (C=O) groups excluding carboxylic acids is 1. The van der Waals surface area contributed by atoms with E-state index in [1.54, 1.807) is 30.3 Å². The maximum absolute atomic E-state index is 12.5. The summed E-state index contributed by atoms with van der Waals surface area (Å²) in [6, 6.07) is 9.59. The summed E-state index contributed by atoms with van der Waals surface area (Å²) < 4.78 is 37.6. The molecule has 1 amide bonds. The number of halogens is 3. The van der Waals surface area contributed by atoms with Crippen LogP contribution in [0.2, 0.25) is 0 Å². The molecule has 3 nitrogen and oxygen atoms in total. The lowest BCUT2D eigenvalue weighted by Crippen LogP contribution is -2.42. The number of nitriles is 1. The van der Waals surface area contributed by atoms with Gasteiger partial charge in [0.05, 0.1) is 6.07 Å². The van der Waals surface area contributed by atoms with Gasteiger partial charge >= 0.3 is 6.18 Å². The molecule has 1 atom stereocenters. The molecule has 1 aliphatic rings. The minimum Gasteiger partial charge on any atom is -0.329 e. The fourth-order valence-electron chi connectivity index (χ4n) is 2.05. The largest absolute Gasteiger partial charge is 0.406 e. The lowest BCUT2D eigenvalue weighted by Gasteiger charge is -2.25. The molecule has 1 saturated carbocycles. The van der Waals surface area contributed by atoms with Crippen molar-refractivity contribution in [2.24, 2.45) is 0 Å². The molecular formula is C14H13F3N2O. The van der Waals surface area contributed by atoms with E-state index >= 15 is 0 Å². The Kier molecular flexibility index (Phi) is 3.98. The van der Waals surface area contributed by atoms with E-state index < -0.39 is 24.5 Å². The summed E-state index contributed by atoms with van der Waals surface area (Å²) in [7, 11) is 0. The van der Waals surface area contributed by atoms with Gasteiger partial charge in [0.25, 0.3) is 0 Å². The van der Waals surface area contributed by atoms with Crippen LogP contribution in [0.15, 0.2) is 30.3 Å². The number of carbonyl (C=O) groups is 1. The first kappa shape index (κ1) is 14.4. The lowest BCUT2D eigenvalue weighted by molar-refractivity contribution is -0.162. The Morgan fingerprint density at radius 2 is 1.95 bits per heavy atom. The molecule has 1 unspecified atom stereocenters. The van der Waals surface area contributed by atoms with Crippen molar-refractivity contribution >= 4 is 5.91 Å². The molecule has 0 saturated heterocycles. The van der Waals surface area contributed by atoms with E-state index in [2.05, 4.69) is 0 Å². The molecule has 0 N–H and O–H groups in total. The Morgan fingerprint density at radius 1 is 1.35 bits per heavy atom. The van der Waals surface area contributed by atoms with Gasteiger partial charge in [-0.25, -0.2) is 0 Å². The first-order chi connectivity index (χ1) is 9.42. The van der Waals surface area contributed by atoms with Crippen LogP contribution in [0.3, 0.4) is 0 Å². The summed E-state index contributed by atoms with van der Waals surface area (Å²) in [5.41, 5.74) is 0.424. The molecule has 0 aliphatic heterocycles. The summed E-state index contributed by atoms with van der Waals surface area (Å²) in [6.07, 6.45) is -3.32. The number of nitrogens with zero attached hydrogens (tertiary/aromatic N) is 2. The van der Waals surface area contributed by atoms with Crippen LogP contribution in [0.1, 0.15) is 24.3 Å². The zero-order chi connectivity index (χ0) is 14.8. The van der Waals surface area contributed by atoms with Crippen molar-refractivity contribution in [1.29, 1.82) is 5.26 Å². The molecule has 6 heteroatoms. The van der Waals surface area contributed by atoms with E-state index in [1.807, 2.05) is 6.07 Å². The Bertz CT molecular complexity index is 517. The Labute approximate surface area is 114 Å². The number of alkyl halides is 3. The summed E-state index contributed by atoms with van der Waals surface area (Å²) in [5.74, 6) is -1.95. The van der Waals surface area contributed by atoms with Crippen LogP contribution in [0.25, 0.3) is 0 Å². The van der Waals surface area contributed by atoms with Gasteiger partial charge in [-0.05, 0) is 18.4 Å². The van der Waals surface area contributed by atoms with Crippen molar-refractivity contribution < 1.29 is 18.0 Å². The predicted octanol–water partition coefficient (Wildman–Crippen LogP) is 2.85. The van der Waals surface area contributed by atoms with Crippen molar-refractivity contribution in [2.45, 2.75) is 31.0 Å². The minimum atomic E-state index is -4.45. The van der Waals surface area contributed by atoms with Gasteiger partial charge in [0.2, 0.25) is 5.91 Å². The van der Waals surface area contributed by atoms with Crippen molar-refractivity contribution in [3.8, 4) is 6.07 Å². The molecule has 2 rings (SSSR count). The second-order valence-corrected chi connectivity index (χ2v) is 4.79. The van der Waals surface area contributed by atoms with Crippen molar-refractivity contribution in [2.75, 3.05) is 6.54 Å². The average Bonchev–Trinajstić information content (AvgIpc) is 3.21. The monoisotopic (exact) mass is 282 g/mol. The van der Waals surface area contributed by atoms with Gasteiger partial charge in [-0.2, -0.15) is 18.4 Å². The molecule has 0 aromatic heterocycles. The summed E-state index contributed by atoms with van der Waals surface area (Å²) in [6.45, 7) is -1.29. The predicted molar refractivity (Wildman–Crippen MR) is 65.6 cm³/mol. The van der Waals surface area contributed by atoms with Gasteiger partial charge < -0.3 is 4.90 Å². The van der Waals surface area contributed by atoms with E-state index in [1.165, 1.54) is 0 Å². The summed E-state index contributed by atoms with van der Waals surface area (Å²) >= 11 is 0. The molecule has 0 radical (unpaired) electrons. The third kappa shape index (κ3) is 3.50. The Morgan fingerprint density at radius 3 is 2.40 bits per heavy atom. The van der Waals surface area contributed by atoms with Crippen LogP contribution in [0.5, 0.6) is 0 Å². The zero-order valence-electron chi connectivity index (χ0n) is 10.6. The molecule has 20 heavy (non-hydrogen) atoms. The maximum atomic E-state index is 12.5. The van der Waals surface area contributed by atoms with E-state index in [9.17, 15) is 18.0 Å². The first-order valence-electron chi connectivity index (χ1n) is 6.24. The normalized spacial score (nSPS) is 16.3. The molecule has 106 valence electrons. The van der Waals surface area contributed by atoms with Gasteiger partial charge in [-0.15, -0.1) is 0 Å². The second-order valence-electron chi connectivity index (χ2n) is 4.79. The van der Waals surface area contributed by atoms with E-state index in [0.717, 1.165) is 4.90 Å². The SMILES string of the molecule is N#CC(C(=O)N(CC(F)(F)F)C1CC1)c1ccccc1. The molecular weight excluding hydrogens is 269 g/mol. The second kappa shape index (κ2) is 5.53. The summed E-state index contributed by atoms with van der Waals surface area (Å²) in [5, 5.41) is 9.12. The molecule has 0 bridgehead atoms. The highest BCUT2D eigenvalue weighted by molar-refractivity contribution is 5.87. The first-order valence-corrected chi connectivity index (χ1v) is 6.24.